The molecule has 1 aromatic rings. The van der Waals surface area contributed by atoms with E-state index in [0.29, 0.717) is 0 Å². The zero-order chi connectivity index (χ0) is 13.3. The van der Waals surface area contributed by atoms with Gasteiger partial charge in [0.05, 0.1) is 0 Å². The number of hydrogen-bond donors (Lipinski definition) is 0. The Morgan fingerprint density at radius 2 is 2.11 bits per heavy atom. The van der Waals surface area contributed by atoms with Gasteiger partial charge in [-0.3, -0.25) is 0 Å². The second kappa shape index (κ2) is 4.85. The summed E-state index contributed by atoms with van der Waals surface area (Å²) < 4.78 is 6.15. The van der Waals surface area contributed by atoms with Crippen molar-refractivity contribution >= 4 is 11.8 Å². The lowest BCUT2D eigenvalue weighted by molar-refractivity contribution is 0.103. The van der Waals surface area contributed by atoms with Crippen LogP contribution in [0, 0.1) is 24.5 Å². The molecule has 0 amide bonds. The second-order valence-corrected chi connectivity index (χ2v) is 6.33. The Labute approximate surface area is 113 Å². The molecule has 0 radical (unpaired) electrons. The molecule has 0 aliphatic carbocycles. The van der Waals surface area contributed by atoms with Gasteiger partial charge < -0.3 is 4.74 Å². The molecule has 3 heteroatoms. The van der Waals surface area contributed by atoms with Crippen molar-refractivity contribution in [3.05, 3.63) is 22.8 Å². The summed E-state index contributed by atoms with van der Waals surface area (Å²) in [7, 11) is 0. The topological polar surface area (TPSA) is 33.0 Å². The fourth-order valence-electron chi connectivity index (χ4n) is 2.61. The highest BCUT2D eigenvalue weighted by Crippen LogP contribution is 2.39. The average Bonchev–Trinajstić information content (AvgIpc) is 2.42. The Bertz CT molecular complexity index is 514. The van der Waals surface area contributed by atoms with Crippen molar-refractivity contribution in [1.82, 2.24) is 0 Å². The smallest absolute Gasteiger partial charge is 0.138 e. The number of nitriles is 1. The maximum absolute atomic E-state index is 8.89. The zero-order valence-electron chi connectivity index (χ0n) is 11.5. The fourth-order valence-corrected chi connectivity index (χ4v) is 3.20. The molecule has 18 heavy (non-hydrogen) atoms. The number of hydrogen-bond acceptors (Lipinski definition) is 3. The van der Waals surface area contributed by atoms with Gasteiger partial charge in [-0.1, -0.05) is 0 Å². The van der Waals surface area contributed by atoms with E-state index in [0.717, 1.165) is 35.5 Å². The van der Waals surface area contributed by atoms with Crippen LogP contribution in [0.2, 0.25) is 0 Å². The molecule has 0 aromatic heterocycles. The lowest BCUT2D eigenvalue weighted by Crippen LogP contribution is -2.27. The van der Waals surface area contributed by atoms with Crippen LogP contribution in [0.5, 0.6) is 5.75 Å². The van der Waals surface area contributed by atoms with Gasteiger partial charge in [-0.05, 0) is 81.5 Å². The third-order valence-corrected chi connectivity index (χ3v) is 4.46. The van der Waals surface area contributed by atoms with Crippen molar-refractivity contribution in [2.75, 3.05) is 0 Å². The Hall–Kier alpha value is -1.14. The summed E-state index contributed by atoms with van der Waals surface area (Å²) in [4.78, 5) is 1.10. The summed E-state index contributed by atoms with van der Waals surface area (Å²) in [5.41, 5.74) is 3.54. The van der Waals surface area contributed by atoms with E-state index in [1.54, 1.807) is 0 Å². The molecule has 0 saturated heterocycles. The highest BCUT2D eigenvalue weighted by atomic mass is 32.2. The monoisotopic (exact) mass is 261 g/mol. The Morgan fingerprint density at radius 1 is 1.39 bits per heavy atom. The Balaban J connectivity index is 2.53. The minimum absolute atomic E-state index is 0.0893. The van der Waals surface area contributed by atoms with Gasteiger partial charge in [0, 0.05) is 4.90 Å². The third kappa shape index (κ3) is 2.49. The number of nitrogens with zero attached hydrogens (tertiary/aromatic N) is 1. The summed E-state index contributed by atoms with van der Waals surface area (Å²) in [5, 5.41) is 11.1. The summed E-state index contributed by atoms with van der Waals surface area (Å²) in [5.74, 6) is 1.01. The molecule has 0 N–H and O–H groups in total. The van der Waals surface area contributed by atoms with Crippen LogP contribution in [0.25, 0.3) is 0 Å². The van der Waals surface area contributed by atoms with Crippen LogP contribution in [0.3, 0.4) is 0 Å². The van der Waals surface area contributed by atoms with E-state index in [-0.39, 0.29) is 5.60 Å². The highest BCUT2D eigenvalue weighted by molar-refractivity contribution is 8.03. The van der Waals surface area contributed by atoms with Gasteiger partial charge in [0.15, 0.2) is 0 Å². The molecule has 2 nitrogen and oxygen atoms in total. The van der Waals surface area contributed by atoms with Crippen molar-refractivity contribution in [3.8, 4) is 11.2 Å². The summed E-state index contributed by atoms with van der Waals surface area (Å²) in [6.45, 7) is 8.44. The predicted octanol–water partition coefficient (Wildman–Crippen LogP) is 4.37. The highest BCUT2D eigenvalue weighted by Gasteiger charge is 2.26. The summed E-state index contributed by atoms with van der Waals surface area (Å²) in [6, 6.07) is 2.09. The maximum Gasteiger partial charge on any atom is 0.138 e. The van der Waals surface area contributed by atoms with Gasteiger partial charge in [0.2, 0.25) is 0 Å². The molecule has 0 atom stereocenters. The lowest BCUT2D eigenvalue weighted by atomic mass is 9.98. The molecular formula is C15H19NOS. The average molecular weight is 261 g/mol. The molecule has 0 saturated carbocycles. The molecule has 0 spiro atoms. The number of fused-ring (bicyclic) bond motifs is 1. The van der Waals surface area contributed by atoms with E-state index in [9.17, 15) is 0 Å². The molecule has 1 aromatic carbocycles. The van der Waals surface area contributed by atoms with E-state index in [4.69, 9.17) is 10.00 Å². The SMILES string of the molecule is Cc1cc2c(c(C)c1SC#N)CCCC(C)(C)O2. The van der Waals surface area contributed by atoms with E-state index >= 15 is 0 Å². The first-order chi connectivity index (χ1) is 8.44. The van der Waals surface area contributed by atoms with Gasteiger partial charge in [-0.25, -0.2) is 0 Å². The molecule has 1 aliphatic heterocycles. The zero-order valence-corrected chi connectivity index (χ0v) is 12.3. The standard InChI is InChI=1S/C15H19NOS/c1-10-8-13-12(11(2)14(10)18-9-16)6-5-7-15(3,4)17-13/h8H,5-7H2,1-4H3. The van der Waals surface area contributed by atoms with Crippen LogP contribution in [-0.2, 0) is 6.42 Å². The van der Waals surface area contributed by atoms with Gasteiger partial charge in [-0.2, -0.15) is 5.26 Å². The first-order valence-corrected chi connectivity index (χ1v) is 7.14. The molecule has 1 heterocycles. The van der Waals surface area contributed by atoms with E-state index in [1.165, 1.54) is 22.9 Å². The fraction of sp³-hybridized carbons (Fsp3) is 0.533. The molecule has 2 rings (SSSR count). The molecule has 0 unspecified atom stereocenters. The van der Waals surface area contributed by atoms with Crippen LogP contribution in [0.4, 0.5) is 0 Å². The van der Waals surface area contributed by atoms with Crippen molar-refractivity contribution in [1.29, 1.82) is 5.26 Å². The number of aryl methyl sites for hydroxylation is 1. The Morgan fingerprint density at radius 3 is 2.78 bits per heavy atom. The van der Waals surface area contributed by atoms with Crippen LogP contribution in [0.1, 0.15) is 43.4 Å². The normalized spacial score (nSPS) is 17.3. The molecule has 0 fully saturated rings. The lowest BCUT2D eigenvalue weighted by Gasteiger charge is -2.25. The van der Waals surface area contributed by atoms with Crippen molar-refractivity contribution in [3.63, 3.8) is 0 Å². The molecular weight excluding hydrogens is 242 g/mol. The van der Waals surface area contributed by atoms with Crippen molar-refractivity contribution in [2.45, 2.75) is 57.5 Å². The largest absolute Gasteiger partial charge is 0.488 e. The van der Waals surface area contributed by atoms with Gasteiger partial charge in [-0.15, -0.1) is 0 Å². The van der Waals surface area contributed by atoms with Crippen molar-refractivity contribution < 1.29 is 4.74 Å². The number of thiocyanates is 1. The number of thioether (sulfide) groups is 1. The number of benzene rings is 1. The van der Waals surface area contributed by atoms with Crippen molar-refractivity contribution in [2.24, 2.45) is 0 Å². The van der Waals surface area contributed by atoms with Crippen LogP contribution >= 0.6 is 11.8 Å². The minimum atomic E-state index is -0.0893. The first-order valence-electron chi connectivity index (χ1n) is 6.32. The predicted molar refractivity (Wildman–Crippen MR) is 75.0 cm³/mol. The second-order valence-electron chi connectivity index (χ2n) is 5.53. The maximum atomic E-state index is 8.89. The van der Waals surface area contributed by atoms with Gasteiger partial charge in [0.25, 0.3) is 0 Å². The van der Waals surface area contributed by atoms with E-state index in [2.05, 4.69) is 32.2 Å². The first kappa shape index (κ1) is 13.3. The molecule has 0 bridgehead atoms. The summed E-state index contributed by atoms with van der Waals surface area (Å²) >= 11 is 1.26. The Kier molecular flexibility index (Phi) is 3.59. The quantitative estimate of drug-likeness (QED) is 0.556. The van der Waals surface area contributed by atoms with Gasteiger partial charge in [0.1, 0.15) is 16.8 Å². The summed E-state index contributed by atoms with van der Waals surface area (Å²) in [6.07, 6.45) is 3.26. The number of rotatable bonds is 1. The van der Waals surface area contributed by atoms with Gasteiger partial charge >= 0.3 is 0 Å². The number of ether oxygens (including phenoxy) is 1. The minimum Gasteiger partial charge on any atom is -0.488 e. The molecule has 96 valence electrons. The van der Waals surface area contributed by atoms with E-state index in [1.807, 2.05) is 6.92 Å². The van der Waals surface area contributed by atoms with Crippen LogP contribution in [-0.4, -0.2) is 5.60 Å². The third-order valence-electron chi connectivity index (χ3n) is 3.54. The molecule has 1 aliphatic rings. The van der Waals surface area contributed by atoms with Crippen LogP contribution < -0.4 is 4.74 Å². The van der Waals surface area contributed by atoms with Crippen LogP contribution in [0.15, 0.2) is 11.0 Å². The van der Waals surface area contributed by atoms with E-state index < -0.39 is 0 Å².